The number of ether oxygens (including phenoxy) is 1. The summed E-state index contributed by atoms with van der Waals surface area (Å²) < 4.78 is 60.8. The molecule has 7 nitrogen and oxygen atoms in total. The Bertz CT molecular complexity index is 1400. The first-order valence-corrected chi connectivity index (χ1v) is 13.4. The minimum Gasteiger partial charge on any atom is -0.484 e. The Balaban J connectivity index is 1.35. The summed E-state index contributed by atoms with van der Waals surface area (Å²) in [5, 5.41) is 7.83. The predicted molar refractivity (Wildman–Crippen MR) is 138 cm³/mol. The Hall–Kier alpha value is -3.54. The van der Waals surface area contributed by atoms with Gasteiger partial charge in [0.2, 0.25) is 0 Å². The van der Waals surface area contributed by atoms with Crippen LogP contribution >= 0.6 is 11.9 Å². The van der Waals surface area contributed by atoms with Crippen LogP contribution in [0.3, 0.4) is 0 Å². The van der Waals surface area contributed by atoms with Gasteiger partial charge in [-0.05, 0) is 79.9 Å². The molecule has 1 aromatic heterocycles. The van der Waals surface area contributed by atoms with Crippen molar-refractivity contribution in [3.05, 3.63) is 76.4 Å². The molecule has 206 valence electrons. The second-order valence-corrected chi connectivity index (χ2v) is 10.8. The highest BCUT2D eigenvalue weighted by Gasteiger charge is 2.35. The van der Waals surface area contributed by atoms with Crippen LogP contribution in [-0.2, 0) is 12.8 Å². The van der Waals surface area contributed by atoms with Gasteiger partial charge in [0.05, 0.1) is 16.9 Å². The number of aryl methyl sites for hydroxylation is 2. The Labute approximate surface area is 226 Å². The van der Waals surface area contributed by atoms with Gasteiger partial charge in [0.25, 0.3) is 11.8 Å². The van der Waals surface area contributed by atoms with E-state index in [0.29, 0.717) is 41.5 Å². The maximum Gasteiger partial charge on any atom is 0.422 e. The molecule has 5 rings (SSSR count). The summed E-state index contributed by atoms with van der Waals surface area (Å²) >= 11 is 1.30. The lowest BCUT2D eigenvalue weighted by molar-refractivity contribution is -0.153. The zero-order valence-electron chi connectivity index (χ0n) is 21.0. The smallest absolute Gasteiger partial charge is 0.422 e. The monoisotopic (exact) mass is 562 g/mol. The number of nitrogens with zero attached hydrogens (tertiary/aromatic N) is 2. The number of halogens is 4. The van der Waals surface area contributed by atoms with Gasteiger partial charge in [-0.3, -0.25) is 14.3 Å². The maximum atomic E-state index is 14.4. The number of amides is 2. The van der Waals surface area contributed by atoms with Crippen molar-refractivity contribution < 1.29 is 31.9 Å². The van der Waals surface area contributed by atoms with E-state index in [1.54, 1.807) is 37.3 Å². The first-order valence-electron chi connectivity index (χ1n) is 12.5. The van der Waals surface area contributed by atoms with Gasteiger partial charge in [0.15, 0.2) is 6.61 Å². The number of nitrogens with one attached hydrogen (secondary N) is 2. The Morgan fingerprint density at radius 3 is 2.74 bits per heavy atom. The molecule has 2 heterocycles. The van der Waals surface area contributed by atoms with E-state index in [1.807, 2.05) is 0 Å². The van der Waals surface area contributed by atoms with Crippen LogP contribution in [0.4, 0.5) is 17.6 Å². The van der Waals surface area contributed by atoms with Crippen LogP contribution in [0.5, 0.6) is 5.75 Å². The number of carbonyl (C=O) groups is 2. The van der Waals surface area contributed by atoms with E-state index in [1.165, 1.54) is 28.8 Å². The largest absolute Gasteiger partial charge is 0.484 e. The number of carbonyl (C=O) groups excluding carboxylic acids is 2. The molecular weight excluding hydrogens is 536 g/mol. The van der Waals surface area contributed by atoms with E-state index < -0.39 is 30.4 Å². The maximum absolute atomic E-state index is 14.4. The molecule has 0 spiro atoms. The van der Waals surface area contributed by atoms with Crippen molar-refractivity contribution in [2.45, 2.75) is 56.5 Å². The van der Waals surface area contributed by atoms with Gasteiger partial charge in [0, 0.05) is 17.7 Å². The van der Waals surface area contributed by atoms with Crippen molar-refractivity contribution in [1.29, 1.82) is 0 Å². The van der Waals surface area contributed by atoms with Crippen LogP contribution < -0.4 is 14.8 Å². The summed E-state index contributed by atoms with van der Waals surface area (Å²) in [6.45, 7) is 0.254. The number of aromatic nitrogens is 2. The topological polar surface area (TPSA) is 85.2 Å². The fraction of sp³-hybridized carbons (Fsp3) is 0.370. The minimum absolute atomic E-state index is 0.0480. The second-order valence-electron chi connectivity index (χ2n) is 9.73. The standard InChI is InChI=1S/C27H26F4N4O3S/c1-15-5-8-18(13-21(15)28)35-24(26(37)34-39-20-9-10-20)23-22(33-35)12-17(32-25(23)36)7-6-16-3-2-4-19(11-16)38-14-27(29,30)31/h2-5,8,11,13,17,20H,6-7,9-10,12,14H2,1H3,(H,32,36)(H,34,37). The van der Waals surface area contributed by atoms with E-state index in [2.05, 4.69) is 15.1 Å². The molecule has 2 N–H and O–H groups in total. The highest BCUT2D eigenvalue weighted by molar-refractivity contribution is 7.98. The number of benzene rings is 2. The molecule has 2 aliphatic rings. The summed E-state index contributed by atoms with van der Waals surface area (Å²) in [6.07, 6.45) is -1.13. The SMILES string of the molecule is Cc1ccc(-n2nc3c(c2C(=O)NSC2CC2)C(=O)NC(CCc2cccc(OCC(F)(F)F)c2)C3)cc1F. The number of alkyl halides is 3. The summed E-state index contributed by atoms with van der Waals surface area (Å²) in [7, 11) is 0. The van der Waals surface area contributed by atoms with Gasteiger partial charge in [0.1, 0.15) is 17.3 Å². The van der Waals surface area contributed by atoms with Crippen LogP contribution in [0.25, 0.3) is 5.69 Å². The fourth-order valence-corrected chi connectivity index (χ4v) is 5.08. The van der Waals surface area contributed by atoms with Gasteiger partial charge < -0.3 is 10.1 Å². The van der Waals surface area contributed by atoms with Crippen LogP contribution in [-0.4, -0.2) is 45.7 Å². The van der Waals surface area contributed by atoms with Gasteiger partial charge >= 0.3 is 6.18 Å². The highest BCUT2D eigenvalue weighted by Crippen LogP contribution is 2.33. The molecule has 39 heavy (non-hydrogen) atoms. The molecular formula is C27H26F4N4O3S. The summed E-state index contributed by atoms with van der Waals surface area (Å²) in [4.78, 5) is 26.4. The molecule has 1 aliphatic carbocycles. The molecule has 2 aromatic carbocycles. The summed E-state index contributed by atoms with van der Waals surface area (Å²) in [5.74, 6) is -1.28. The van der Waals surface area contributed by atoms with Crippen molar-refractivity contribution in [1.82, 2.24) is 19.8 Å². The quantitative estimate of drug-likeness (QED) is 0.281. The molecule has 12 heteroatoms. The van der Waals surface area contributed by atoms with Crippen molar-refractivity contribution in [2.75, 3.05) is 6.61 Å². The lowest BCUT2D eigenvalue weighted by Gasteiger charge is -2.23. The molecule has 1 aliphatic heterocycles. The molecule has 0 bridgehead atoms. The number of fused-ring (bicyclic) bond motifs is 1. The normalized spacial score (nSPS) is 16.9. The number of hydrogen-bond donors (Lipinski definition) is 2. The third-order valence-electron chi connectivity index (χ3n) is 6.50. The van der Waals surface area contributed by atoms with Gasteiger partial charge in [-0.25, -0.2) is 9.07 Å². The minimum atomic E-state index is -4.43. The van der Waals surface area contributed by atoms with Crippen molar-refractivity contribution in [2.24, 2.45) is 0 Å². The Morgan fingerprint density at radius 1 is 1.23 bits per heavy atom. The molecule has 1 atom stereocenters. The van der Waals surface area contributed by atoms with E-state index >= 15 is 0 Å². The molecule has 2 amide bonds. The molecule has 1 unspecified atom stereocenters. The Kier molecular flexibility index (Phi) is 7.57. The molecule has 0 radical (unpaired) electrons. The first kappa shape index (κ1) is 27.0. The van der Waals surface area contributed by atoms with Gasteiger partial charge in [-0.15, -0.1) is 0 Å². The van der Waals surface area contributed by atoms with Crippen LogP contribution in [0.2, 0.25) is 0 Å². The number of hydrogen-bond acceptors (Lipinski definition) is 5. The van der Waals surface area contributed by atoms with Crippen molar-refractivity contribution in [3.8, 4) is 11.4 Å². The Morgan fingerprint density at radius 2 is 2.03 bits per heavy atom. The van der Waals surface area contributed by atoms with Crippen molar-refractivity contribution >= 4 is 23.8 Å². The molecule has 1 saturated carbocycles. The summed E-state index contributed by atoms with van der Waals surface area (Å²) in [5.41, 5.74) is 2.15. The zero-order chi connectivity index (χ0) is 27.7. The van der Waals surface area contributed by atoms with Crippen molar-refractivity contribution in [3.63, 3.8) is 0 Å². The predicted octanol–water partition coefficient (Wildman–Crippen LogP) is 5.09. The third-order valence-corrected chi connectivity index (χ3v) is 7.61. The lowest BCUT2D eigenvalue weighted by Crippen LogP contribution is -2.42. The van der Waals surface area contributed by atoms with E-state index in [9.17, 15) is 27.2 Å². The average Bonchev–Trinajstić information content (AvgIpc) is 3.64. The zero-order valence-corrected chi connectivity index (χ0v) is 21.8. The number of rotatable bonds is 9. The molecule has 1 fully saturated rings. The lowest BCUT2D eigenvalue weighted by atomic mass is 9.95. The van der Waals surface area contributed by atoms with E-state index in [4.69, 9.17) is 4.74 Å². The third kappa shape index (κ3) is 6.55. The van der Waals surface area contributed by atoms with E-state index in [-0.39, 0.29) is 23.0 Å². The molecule has 0 saturated heterocycles. The van der Waals surface area contributed by atoms with Crippen LogP contribution in [0.1, 0.15) is 56.9 Å². The highest BCUT2D eigenvalue weighted by atomic mass is 32.2. The molecule has 3 aromatic rings. The first-order chi connectivity index (χ1) is 18.6. The van der Waals surface area contributed by atoms with Gasteiger partial charge in [-0.1, -0.05) is 18.2 Å². The summed E-state index contributed by atoms with van der Waals surface area (Å²) in [6, 6.07) is 10.6. The van der Waals surface area contributed by atoms with E-state index in [0.717, 1.165) is 18.4 Å². The van der Waals surface area contributed by atoms with Gasteiger partial charge in [-0.2, -0.15) is 18.3 Å². The average molecular weight is 563 g/mol. The second kappa shape index (κ2) is 10.9. The van der Waals surface area contributed by atoms with Crippen LogP contribution in [0, 0.1) is 12.7 Å². The fourth-order valence-electron chi connectivity index (χ4n) is 4.34. The van der Waals surface area contributed by atoms with Crippen LogP contribution in [0.15, 0.2) is 42.5 Å².